The number of benzene rings is 1. The number of urea groups is 1. The maximum Gasteiger partial charge on any atom is 0.317 e. The van der Waals surface area contributed by atoms with E-state index in [0.29, 0.717) is 19.0 Å². The number of amides is 2. The highest BCUT2D eigenvalue weighted by molar-refractivity contribution is 5.74. The summed E-state index contributed by atoms with van der Waals surface area (Å²) >= 11 is 0. The second kappa shape index (κ2) is 7.24. The molecule has 28 heavy (non-hydrogen) atoms. The van der Waals surface area contributed by atoms with Crippen LogP contribution in [0.15, 0.2) is 12.1 Å². The van der Waals surface area contributed by atoms with E-state index in [4.69, 9.17) is 0 Å². The van der Waals surface area contributed by atoms with Crippen LogP contribution in [0.2, 0.25) is 0 Å². The van der Waals surface area contributed by atoms with Crippen LogP contribution >= 0.6 is 0 Å². The SMILES string of the molecule is CCN(CC)C(=O)N[C@H]1C[C@@H]2c3c([N+](=O)[O-])ccc4c3[C@@H](CN4)C[C@H]2N(C)C1. The number of rotatable bonds is 4. The van der Waals surface area contributed by atoms with Crippen molar-refractivity contribution in [3.8, 4) is 0 Å². The van der Waals surface area contributed by atoms with Gasteiger partial charge in [-0.1, -0.05) is 0 Å². The fourth-order valence-electron chi connectivity index (χ4n) is 5.46. The van der Waals surface area contributed by atoms with Gasteiger partial charge < -0.3 is 20.4 Å². The Hall–Kier alpha value is -2.35. The number of carbonyl (C=O) groups excluding carboxylic acids is 1. The minimum absolute atomic E-state index is 0.0132. The Morgan fingerprint density at radius 2 is 2.07 bits per heavy atom. The second-order valence-corrected chi connectivity index (χ2v) is 8.20. The van der Waals surface area contributed by atoms with E-state index in [1.54, 1.807) is 11.0 Å². The molecule has 4 atom stereocenters. The molecular formula is C20H29N5O3. The third-order valence-corrected chi connectivity index (χ3v) is 6.76. The number of carbonyl (C=O) groups is 1. The summed E-state index contributed by atoms with van der Waals surface area (Å²) in [4.78, 5) is 28.2. The fraction of sp³-hybridized carbons (Fsp3) is 0.650. The largest absolute Gasteiger partial charge is 0.384 e. The number of piperidine rings is 1. The van der Waals surface area contributed by atoms with Gasteiger partial charge in [0, 0.05) is 67.4 Å². The van der Waals surface area contributed by atoms with Gasteiger partial charge in [-0.25, -0.2) is 4.79 Å². The first-order chi connectivity index (χ1) is 13.4. The maximum absolute atomic E-state index is 12.6. The van der Waals surface area contributed by atoms with Gasteiger partial charge in [0.1, 0.15) is 0 Å². The number of hydrogen-bond acceptors (Lipinski definition) is 5. The number of hydrogen-bond donors (Lipinski definition) is 2. The van der Waals surface area contributed by atoms with Crippen LogP contribution in [-0.2, 0) is 0 Å². The molecule has 0 unspecified atom stereocenters. The molecule has 1 fully saturated rings. The number of likely N-dealkylation sites (N-methyl/N-ethyl adjacent to an activating group) is 1. The second-order valence-electron chi connectivity index (χ2n) is 8.20. The first-order valence-corrected chi connectivity index (χ1v) is 10.2. The molecule has 0 radical (unpaired) electrons. The van der Waals surface area contributed by atoms with Crippen LogP contribution in [0.4, 0.5) is 16.2 Å². The van der Waals surface area contributed by atoms with Crippen molar-refractivity contribution < 1.29 is 9.72 Å². The molecule has 1 aromatic carbocycles. The van der Waals surface area contributed by atoms with Gasteiger partial charge in [-0.15, -0.1) is 0 Å². The van der Waals surface area contributed by atoms with Gasteiger partial charge in [0.05, 0.1) is 4.92 Å². The van der Waals surface area contributed by atoms with Gasteiger partial charge in [-0.3, -0.25) is 10.1 Å². The van der Waals surface area contributed by atoms with Crippen LogP contribution in [0.3, 0.4) is 0 Å². The minimum atomic E-state index is -0.245. The van der Waals surface area contributed by atoms with Crippen molar-refractivity contribution in [2.75, 3.05) is 38.5 Å². The molecule has 0 bridgehead atoms. The predicted octanol–water partition coefficient (Wildman–Crippen LogP) is 2.72. The van der Waals surface area contributed by atoms with Gasteiger partial charge in [-0.2, -0.15) is 0 Å². The summed E-state index contributed by atoms with van der Waals surface area (Å²) in [5.74, 6) is 0.391. The lowest BCUT2D eigenvalue weighted by Crippen LogP contribution is -2.56. The third-order valence-electron chi connectivity index (χ3n) is 6.76. The highest BCUT2D eigenvalue weighted by Crippen LogP contribution is 2.52. The average Bonchev–Trinajstić information content (AvgIpc) is 3.07. The van der Waals surface area contributed by atoms with E-state index in [9.17, 15) is 14.9 Å². The average molecular weight is 387 g/mol. The molecular weight excluding hydrogens is 358 g/mol. The monoisotopic (exact) mass is 387 g/mol. The molecule has 2 amide bonds. The Balaban J connectivity index is 1.66. The van der Waals surface area contributed by atoms with E-state index in [0.717, 1.165) is 42.7 Å². The Labute approximate surface area is 165 Å². The molecule has 152 valence electrons. The number of nitro benzene ring substituents is 1. The Bertz CT molecular complexity index is 794. The van der Waals surface area contributed by atoms with E-state index in [2.05, 4.69) is 22.6 Å². The predicted molar refractivity (Wildman–Crippen MR) is 108 cm³/mol. The van der Waals surface area contributed by atoms with Gasteiger partial charge in [-0.05, 0) is 45.4 Å². The summed E-state index contributed by atoms with van der Waals surface area (Å²) in [5.41, 5.74) is 3.30. The van der Waals surface area contributed by atoms with E-state index in [-0.39, 0.29) is 34.6 Å². The highest BCUT2D eigenvalue weighted by Gasteiger charge is 2.47. The van der Waals surface area contributed by atoms with Crippen molar-refractivity contribution >= 4 is 17.4 Å². The number of anilines is 1. The van der Waals surface area contributed by atoms with E-state index in [1.807, 2.05) is 19.9 Å². The van der Waals surface area contributed by atoms with Crippen LogP contribution in [0, 0.1) is 10.1 Å². The molecule has 1 aliphatic carbocycles. The van der Waals surface area contributed by atoms with Crippen LogP contribution in [-0.4, -0.2) is 66.1 Å². The number of nitrogens with one attached hydrogen (secondary N) is 2. The third kappa shape index (κ3) is 2.99. The fourth-order valence-corrected chi connectivity index (χ4v) is 5.46. The van der Waals surface area contributed by atoms with Gasteiger partial charge in [0.15, 0.2) is 0 Å². The molecule has 4 rings (SSSR count). The van der Waals surface area contributed by atoms with E-state index in [1.165, 1.54) is 0 Å². The summed E-state index contributed by atoms with van der Waals surface area (Å²) in [5, 5.41) is 18.4. The lowest BCUT2D eigenvalue weighted by atomic mass is 9.69. The molecule has 2 N–H and O–H groups in total. The van der Waals surface area contributed by atoms with Crippen molar-refractivity contribution in [2.45, 2.75) is 50.6 Å². The Morgan fingerprint density at radius 1 is 1.32 bits per heavy atom. The van der Waals surface area contributed by atoms with Crippen LogP contribution in [0.5, 0.6) is 0 Å². The first-order valence-electron chi connectivity index (χ1n) is 10.2. The van der Waals surface area contributed by atoms with Crippen LogP contribution < -0.4 is 10.6 Å². The zero-order valence-electron chi connectivity index (χ0n) is 16.8. The van der Waals surface area contributed by atoms with Crippen LogP contribution in [0.25, 0.3) is 0 Å². The highest BCUT2D eigenvalue weighted by atomic mass is 16.6. The lowest BCUT2D eigenvalue weighted by Gasteiger charge is -2.47. The summed E-state index contributed by atoms with van der Waals surface area (Å²) in [7, 11) is 2.08. The summed E-state index contributed by atoms with van der Waals surface area (Å²) < 4.78 is 0. The van der Waals surface area contributed by atoms with Crippen molar-refractivity contribution in [1.29, 1.82) is 0 Å². The molecule has 8 heteroatoms. The smallest absolute Gasteiger partial charge is 0.317 e. The topological polar surface area (TPSA) is 90.8 Å². The zero-order chi connectivity index (χ0) is 20.0. The van der Waals surface area contributed by atoms with Crippen molar-refractivity contribution in [3.05, 3.63) is 33.4 Å². The zero-order valence-corrected chi connectivity index (χ0v) is 16.8. The molecule has 3 aliphatic rings. The molecule has 0 spiro atoms. The van der Waals surface area contributed by atoms with Gasteiger partial charge >= 0.3 is 6.03 Å². The molecule has 8 nitrogen and oxygen atoms in total. The Morgan fingerprint density at radius 3 is 2.75 bits per heavy atom. The van der Waals surface area contributed by atoms with Gasteiger partial charge in [0.2, 0.25) is 0 Å². The minimum Gasteiger partial charge on any atom is -0.384 e. The molecule has 0 saturated carbocycles. The first kappa shape index (κ1) is 19.0. The number of nitro groups is 1. The van der Waals surface area contributed by atoms with Crippen molar-refractivity contribution in [1.82, 2.24) is 15.1 Å². The quantitative estimate of drug-likeness (QED) is 0.612. The molecule has 2 aliphatic heterocycles. The van der Waals surface area contributed by atoms with Gasteiger partial charge in [0.25, 0.3) is 5.69 Å². The molecule has 2 heterocycles. The number of fused-ring (bicyclic) bond motifs is 2. The lowest BCUT2D eigenvalue weighted by molar-refractivity contribution is -0.386. The summed E-state index contributed by atoms with van der Waals surface area (Å²) in [6, 6.07) is 3.70. The summed E-state index contributed by atoms with van der Waals surface area (Å²) in [6.07, 6.45) is 1.75. The molecule has 1 saturated heterocycles. The van der Waals surface area contributed by atoms with Crippen molar-refractivity contribution in [3.63, 3.8) is 0 Å². The number of likely N-dealkylation sites (tertiary alicyclic amines) is 1. The normalized spacial score (nSPS) is 28.1. The van der Waals surface area contributed by atoms with Crippen molar-refractivity contribution in [2.24, 2.45) is 0 Å². The van der Waals surface area contributed by atoms with E-state index < -0.39 is 0 Å². The molecule has 1 aromatic rings. The van der Waals surface area contributed by atoms with Crippen LogP contribution in [0.1, 0.15) is 49.7 Å². The Kier molecular flexibility index (Phi) is 4.91. The maximum atomic E-state index is 12.6. The number of nitrogens with zero attached hydrogens (tertiary/aromatic N) is 3. The molecule has 0 aromatic heterocycles. The van der Waals surface area contributed by atoms with E-state index >= 15 is 0 Å². The standard InChI is InChI=1S/C20H29N5O3/c1-4-24(5-2)20(26)22-13-9-14-17(23(3)11-13)8-12-10-21-15-6-7-16(25(27)28)19(14)18(12)15/h6-7,12-14,17,21H,4-5,8-11H2,1-3H3,(H,22,26)/t12-,13+,14+,17-/m1/s1. The summed E-state index contributed by atoms with van der Waals surface area (Å²) in [6.45, 7) is 6.90.